The fraction of sp³-hybridized carbons (Fsp3) is 0.429. The van der Waals surface area contributed by atoms with Crippen molar-refractivity contribution in [3.05, 3.63) is 71.7 Å². The van der Waals surface area contributed by atoms with Crippen LogP contribution in [0.2, 0.25) is 0 Å². The number of halogens is 1. The van der Waals surface area contributed by atoms with E-state index in [1.165, 1.54) is 23.1 Å². The number of ether oxygens (including phenoxy) is 1. The van der Waals surface area contributed by atoms with Crippen LogP contribution < -0.4 is 10.6 Å². The summed E-state index contributed by atoms with van der Waals surface area (Å²) < 4.78 is 18.3. The average Bonchev–Trinajstić information content (AvgIpc) is 3.53. The van der Waals surface area contributed by atoms with E-state index >= 15 is 0 Å². The number of nitrogens with zero attached hydrogens (tertiary/aromatic N) is 1. The number of H-pyrrole nitrogens is 1. The number of para-hydroxylation sites is 1. The molecule has 3 aromatic rings. The minimum absolute atomic E-state index is 0.00954. The molecule has 3 N–H and O–H groups in total. The lowest BCUT2D eigenvalue weighted by atomic mass is 10.0. The summed E-state index contributed by atoms with van der Waals surface area (Å²) in [5.74, 6) is 0.0787. The van der Waals surface area contributed by atoms with E-state index in [0.29, 0.717) is 19.0 Å². The van der Waals surface area contributed by atoms with Crippen LogP contribution in [0.3, 0.4) is 0 Å². The van der Waals surface area contributed by atoms with E-state index in [-0.39, 0.29) is 31.0 Å². The highest BCUT2D eigenvalue weighted by Crippen LogP contribution is 2.22. The van der Waals surface area contributed by atoms with Crippen molar-refractivity contribution in [2.45, 2.75) is 38.7 Å². The van der Waals surface area contributed by atoms with E-state index in [1.54, 1.807) is 12.1 Å². The Balaban J connectivity index is 1.03. The summed E-state index contributed by atoms with van der Waals surface area (Å²) in [7, 11) is 0. The van der Waals surface area contributed by atoms with Gasteiger partial charge in [0.15, 0.2) is 0 Å². The summed E-state index contributed by atoms with van der Waals surface area (Å²) in [6.07, 6.45) is 6.81. The molecule has 2 heterocycles. The number of likely N-dealkylation sites (tertiary alicyclic amines) is 1. The Morgan fingerprint density at radius 1 is 1.06 bits per heavy atom. The first-order chi connectivity index (χ1) is 17.6. The summed E-state index contributed by atoms with van der Waals surface area (Å²) in [6, 6.07) is 14.3. The van der Waals surface area contributed by atoms with Crippen LogP contribution in [-0.4, -0.2) is 54.6 Å². The zero-order valence-corrected chi connectivity index (χ0v) is 20.6. The Hall–Kier alpha value is -3.39. The maximum atomic E-state index is 12.9. The van der Waals surface area contributed by atoms with Crippen molar-refractivity contribution in [3.63, 3.8) is 0 Å². The van der Waals surface area contributed by atoms with Gasteiger partial charge in [0.2, 0.25) is 5.91 Å². The van der Waals surface area contributed by atoms with Crippen LogP contribution in [0.25, 0.3) is 10.9 Å². The van der Waals surface area contributed by atoms with Gasteiger partial charge in [0.05, 0.1) is 6.61 Å². The Kier molecular flexibility index (Phi) is 9.33. The lowest BCUT2D eigenvalue weighted by molar-refractivity contribution is -0.126. The number of aromatic nitrogens is 1. The predicted molar refractivity (Wildman–Crippen MR) is 138 cm³/mol. The third-order valence-electron chi connectivity index (χ3n) is 6.70. The lowest BCUT2D eigenvalue weighted by Gasteiger charge is -2.17. The van der Waals surface area contributed by atoms with Gasteiger partial charge in [-0.05, 0) is 60.9 Å². The zero-order chi connectivity index (χ0) is 25.2. The van der Waals surface area contributed by atoms with Crippen LogP contribution in [0.4, 0.5) is 9.18 Å². The number of nitrogens with one attached hydrogen (secondary N) is 3. The van der Waals surface area contributed by atoms with Crippen molar-refractivity contribution < 1.29 is 18.7 Å². The number of hydrogen-bond acceptors (Lipinski definition) is 3. The van der Waals surface area contributed by atoms with E-state index in [4.69, 9.17) is 4.74 Å². The second kappa shape index (κ2) is 13.1. The number of benzene rings is 2. The number of rotatable bonds is 12. The molecular weight excluding hydrogens is 459 g/mol. The molecule has 1 fully saturated rings. The number of hydrogen-bond donors (Lipinski definition) is 3. The maximum absolute atomic E-state index is 12.9. The molecule has 0 spiro atoms. The molecular formula is C28H35FN4O3. The molecule has 8 heteroatoms. The number of urea groups is 1. The van der Waals surface area contributed by atoms with Gasteiger partial charge >= 0.3 is 6.03 Å². The molecule has 1 aliphatic rings. The van der Waals surface area contributed by atoms with E-state index in [2.05, 4.69) is 27.8 Å². The second-order valence-corrected chi connectivity index (χ2v) is 9.41. The molecule has 1 aromatic heterocycles. The van der Waals surface area contributed by atoms with Gasteiger partial charge < -0.3 is 25.3 Å². The van der Waals surface area contributed by atoms with Crippen molar-refractivity contribution in [1.29, 1.82) is 0 Å². The Bertz CT molecular complexity index is 1130. The number of amides is 3. The first-order valence-corrected chi connectivity index (χ1v) is 12.7. The van der Waals surface area contributed by atoms with Gasteiger partial charge in [0.25, 0.3) is 0 Å². The molecule has 1 saturated heterocycles. The molecule has 3 amide bonds. The monoisotopic (exact) mass is 494 g/mol. The molecule has 0 saturated carbocycles. The van der Waals surface area contributed by atoms with Gasteiger partial charge in [-0.3, -0.25) is 4.79 Å². The van der Waals surface area contributed by atoms with Crippen molar-refractivity contribution in [2.24, 2.45) is 5.92 Å². The van der Waals surface area contributed by atoms with Gasteiger partial charge in [-0.1, -0.05) is 36.8 Å². The second-order valence-electron chi connectivity index (χ2n) is 9.41. The van der Waals surface area contributed by atoms with Gasteiger partial charge in [0.1, 0.15) is 12.4 Å². The molecule has 0 radical (unpaired) electrons. The van der Waals surface area contributed by atoms with Crippen LogP contribution in [-0.2, 0) is 22.6 Å². The molecule has 1 unspecified atom stereocenters. The molecule has 192 valence electrons. The number of carbonyl (C=O) groups is 2. The Labute approximate surface area is 211 Å². The van der Waals surface area contributed by atoms with Crippen molar-refractivity contribution >= 4 is 22.8 Å². The van der Waals surface area contributed by atoms with E-state index in [9.17, 15) is 14.0 Å². The topological polar surface area (TPSA) is 86.5 Å². The zero-order valence-electron chi connectivity index (χ0n) is 20.6. The standard InChI is InChI=1S/C28H35FN4O3/c29-24-10-8-22(9-11-24)19-36-20-27(34)30-14-4-3-5-21-13-16-33(18-21)28(35)31-15-12-23-17-32-26-7-2-1-6-25(23)26/h1-2,6-11,17,21,32H,3-5,12-16,18-20H2,(H,30,34)(H,31,35). The molecule has 2 aromatic carbocycles. The van der Waals surface area contributed by atoms with E-state index < -0.39 is 0 Å². The lowest BCUT2D eigenvalue weighted by Crippen LogP contribution is -2.39. The van der Waals surface area contributed by atoms with Gasteiger partial charge in [-0.15, -0.1) is 0 Å². The number of aromatic amines is 1. The number of unbranched alkanes of at least 4 members (excludes halogenated alkanes) is 1. The first kappa shape index (κ1) is 25.7. The summed E-state index contributed by atoms with van der Waals surface area (Å²) >= 11 is 0. The van der Waals surface area contributed by atoms with Crippen molar-refractivity contribution in [3.8, 4) is 0 Å². The average molecular weight is 495 g/mol. The summed E-state index contributed by atoms with van der Waals surface area (Å²) in [5.41, 5.74) is 3.17. The molecule has 0 bridgehead atoms. The van der Waals surface area contributed by atoms with Crippen molar-refractivity contribution in [1.82, 2.24) is 20.5 Å². The summed E-state index contributed by atoms with van der Waals surface area (Å²) in [6.45, 7) is 3.10. The fourth-order valence-electron chi connectivity index (χ4n) is 4.69. The summed E-state index contributed by atoms with van der Waals surface area (Å²) in [4.78, 5) is 29.7. The van der Waals surface area contributed by atoms with E-state index in [0.717, 1.165) is 56.3 Å². The first-order valence-electron chi connectivity index (χ1n) is 12.7. The van der Waals surface area contributed by atoms with Crippen LogP contribution in [0.1, 0.15) is 36.8 Å². The predicted octanol–water partition coefficient (Wildman–Crippen LogP) is 4.38. The third-order valence-corrected chi connectivity index (χ3v) is 6.70. The molecule has 36 heavy (non-hydrogen) atoms. The quantitative estimate of drug-likeness (QED) is 0.327. The largest absolute Gasteiger partial charge is 0.367 e. The highest BCUT2D eigenvalue weighted by molar-refractivity contribution is 5.83. The molecule has 4 rings (SSSR count). The van der Waals surface area contributed by atoms with Gasteiger partial charge in [0, 0.05) is 43.3 Å². The maximum Gasteiger partial charge on any atom is 0.317 e. The normalized spacial score (nSPS) is 15.4. The highest BCUT2D eigenvalue weighted by atomic mass is 19.1. The minimum Gasteiger partial charge on any atom is -0.367 e. The van der Waals surface area contributed by atoms with Gasteiger partial charge in [-0.2, -0.15) is 0 Å². The SMILES string of the molecule is O=C(COCc1ccc(F)cc1)NCCCCC1CCN(C(=O)NCCc2c[nH]c3ccccc23)C1. The van der Waals surface area contributed by atoms with Gasteiger partial charge in [-0.25, -0.2) is 9.18 Å². The van der Waals surface area contributed by atoms with Crippen LogP contribution in [0.5, 0.6) is 0 Å². The molecule has 7 nitrogen and oxygen atoms in total. The highest BCUT2D eigenvalue weighted by Gasteiger charge is 2.25. The Morgan fingerprint density at radius 2 is 1.89 bits per heavy atom. The molecule has 0 aliphatic carbocycles. The minimum atomic E-state index is -0.289. The fourth-order valence-corrected chi connectivity index (χ4v) is 4.69. The third kappa shape index (κ3) is 7.55. The van der Waals surface area contributed by atoms with Crippen molar-refractivity contribution in [2.75, 3.05) is 32.8 Å². The van der Waals surface area contributed by atoms with Crippen LogP contribution >= 0.6 is 0 Å². The number of fused-ring (bicyclic) bond motifs is 1. The number of carbonyl (C=O) groups excluding carboxylic acids is 2. The molecule has 1 atom stereocenters. The Morgan fingerprint density at radius 3 is 2.75 bits per heavy atom. The smallest absolute Gasteiger partial charge is 0.317 e. The van der Waals surface area contributed by atoms with E-state index in [1.807, 2.05) is 23.2 Å². The van der Waals surface area contributed by atoms with Crippen LogP contribution in [0, 0.1) is 11.7 Å². The summed E-state index contributed by atoms with van der Waals surface area (Å²) in [5, 5.41) is 7.15. The molecule has 1 aliphatic heterocycles. The van der Waals surface area contributed by atoms with Crippen LogP contribution in [0.15, 0.2) is 54.7 Å².